The van der Waals surface area contributed by atoms with Crippen LogP contribution in [0.5, 0.6) is 0 Å². The lowest BCUT2D eigenvalue weighted by molar-refractivity contribution is -0.115. The number of anilines is 2. The maximum atomic E-state index is 12.3. The zero-order chi connectivity index (χ0) is 19.4. The molecule has 1 aliphatic heterocycles. The summed E-state index contributed by atoms with van der Waals surface area (Å²) in [5.41, 5.74) is 4.03. The molecule has 0 saturated heterocycles. The van der Waals surface area contributed by atoms with Gasteiger partial charge < -0.3 is 15.3 Å². The van der Waals surface area contributed by atoms with E-state index in [1.807, 2.05) is 12.1 Å². The van der Waals surface area contributed by atoms with Gasteiger partial charge in [-0.05, 0) is 66.6 Å². The number of nitrogens with one attached hydrogen (secondary N) is 1. The number of carbonyl (C=O) groups is 1. The Bertz CT molecular complexity index is 789. The van der Waals surface area contributed by atoms with Gasteiger partial charge in [-0.15, -0.1) is 0 Å². The van der Waals surface area contributed by atoms with Gasteiger partial charge in [-0.1, -0.05) is 37.6 Å². The van der Waals surface area contributed by atoms with Crippen LogP contribution >= 0.6 is 11.6 Å². The molecule has 2 aromatic carbocycles. The molecule has 0 radical (unpaired) electrons. The van der Waals surface area contributed by atoms with Gasteiger partial charge in [0.15, 0.2) is 0 Å². The fraction of sp³-hybridized carbons (Fsp3) is 0.409. The molecule has 3 rings (SSSR count). The predicted molar refractivity (Wildman–Crippen MR) is 111 cm³/mol. The van der Waals surface area contributed by atoms with Crippen LogP contribution in [0.25, 0.3) is 0 Å². The molecule has 0 bridgehead atoms. The number of rotatable bonds is 6. The van der Waals surface area contributed by atoms with Gasteiger partial charge in [0.1, 0.15) is 6.23 Å². The summed E-state index contributed by atoms with van der Waals surface area (Å²) < 4.78 is 0. The second kappa shape index (κ2) is 8.77. The van der Waals surface area contributed by atoms with Crippen LogP contribution in [-0.4, -0.2) is 23.8 Å². The van der Waals surface area contributed by atoms with Gasteiger partial charge in [-0.25, -0.2) is 0 Å². The SMILES string of the molecule is CC(C)CC(O)N1CCCc2cc(CC(=O)Nc3ccc(Cl)cc3)ccc21. The third-order valence-corrected chi connectivity index (χ3v) is 5.09. The summed E-state index contributed by atoms with van der Waals surface area (Å²) in [5.74, 6) is 0.394. The molecule has 2 N–H and O–H groups in total. The lowest BCUT2D eigenvalue weighted by Crippen LogP contribution is -2.39. The lowest BCUT2D eigenvalue weighted by atomic mass is 9.96. The monoisotopic (exact) mass is 386 g/mol. The molecule has 2 aromatic rings. The molecule has 0 aliphatic carbocycles. The zero-order valence-electron chi connectivity index (χ0n) is 15.9. The van der Waals surface area contributed by atoms with Crippen molar-refractivity contribution in [1.29, 1.82) is 0 Å². The Morgan fingerprint density at radius 1 is 1.22 bits per heavy atom. The van der Waals surface area contributed by atoms with Crippen molar-refractivity contribution in [2.24, 2.45) is 5.92 Å². The Morgan fingerprint density at radius 3 is 2.67 bits per heavy atom. The van der Waals surface area contributed by atoms with Crippen LogP contribution in [0.15, 0.2) is 42.5 Å². The summed E-state index contributed by atoms with van der Waals surface area (Å²) in [6.07, 6.45) is 2.62. The van der Waals surface area contributed by atoms with Crippen LogP contribution in [0, 0.1) is 5.92 Å². The molecule has 1 unspecified atom stereocenters. The summed E-state index contributed by atoms with van der Waals surface area (Å²) in [4.78, 5) is 14.4. The van der Waals surface area contributed by atoms with E-state index in [4.69, 9.17) is 11.6 Å². The predicted octanol–water partition coefficient (Wildman–Crippen LogP) is 4.64. The van der Waals surface area contributed by atoms with Gasteiger partial charge in [-0.2, -0.15) is 0 Å². The minimum atomic E-state index is -0.455. The number of hydrogen-bond acceptors (Lipinski definition) is 3. The second-order valence-corrected chi connectivity index (χ2v) is 8.04. The van der Waals surface area contributed by atoms with Gasteiger partial charge >= 0.3 is 0 Å². The first-order chi connectivity index (χ1) is 12.9. The molecular weight excluding hydrogens is 360 g/mol. The Hall–Kier alpha value is -2.04. The number of nitrogens with zero attached hydrogens (tertiary/aromatic N) is 1. The highest BCUT2D eigenvalue weighted by atomic mass is 35.5. The van der Waals surface area contributed by atoms with Crippen molar-refractivity contribution in [3.63, 3.8) is 0 Å². The fourth-order valence-electron chi connectivity index (χ4n) is 3.57. The molecule has 1 aliphatic rings. The number of carbonyl (C=O) groups excluding carboxylic acids is 1. The fourth-order valence-corrected chi connectivity index (χ4v) is 3.70. The van der Waals surface area contributed by atoms with E-state index >= 15 is 0 Å². The number of hydrogen-bond donors (Lipinski definition) is 2. The summed E-state index contributed by atoms with van der Waals surface area (Å²) in [6.45, 7) is 5.12. The first kappa shape index (κ1) is 19.7. The quantitative estimate of drug-likeness (QED) is 0.760. The van der Waals surface area contributed by atoms with Crippen LogP contribution in [0.4, 0.5) is 11.4 Å². The van der Waals surface area contributed by atoms with Crippen LogP contribution < -0.4 is 10.2 Å². The smallest absolute Gasteiger partial charge is 0.228 e. The number of aliphatic hydroxyl groups is 1. The molecule has 0 saturated carbocycles. The Labute approximate surface area is 166 Å². The van der Waals surface area contributed by atoms with Crippen molar-refractivity contribution in [2.45, 2.75) is 45.8 Å². The standard InChI is InChI=1S/C22H27ClN2O2/c1-15(2)12-22(27)25-11-3-4-17-13-16(5-10-20(17)25)14-21(26)24-19-8-6-18(23)7-9-19/h5-10,13,15,22,27H,3-4,11-12,14H2,1-2H3,(H,24,26). The highest BCUT2D eigenvalue weighted by Gasteiger charge is 2.23. The average Bonchev–Trinajstić information content (AvgIpc) is 2.62. The van der Waals surface area contributed by atoms with Crippen molar-refractivity contribution < 1.29 is 9.90 Å². The number of benzene rings is 2. The normalized spacial score (nSPS) is 14.8. The summed E-state index contributed by atoms with van der Waals surface area (Å²) >= 11 is 5.87. The minimum absolute atomic E-state index is 0.0511. The third-order valence-electron chi connectivity index (χ3n) is 4.83. The van der Waals surface area contributed by atoms with Gasteiger partial charge in [-0.3, -0.25) is 4.79 Å². The number of amides is 1. The molecule has 5 heteroatoms. The van der Waals surface area contributed by atoms with E-state index in [-0.39, 0.29) is 5.91 Å². The Kier molecular flexibility index (Phi) is 6.40. The van der Waals surface area contributed by atoms with Crippen LogP contribution in [0.2, 0.25) is 5.02 Å². The number of aliphatic hydroxyl groups excluding tert-OH is 1. The second-order valence-electron chi connectivity index (χ2n) is 7.60. The van der Waals surface area contributed by atoms with E-state index in [9.17, 15) is 9.90 Å². The van der Waals surface area contributed by atoms with Crippen LogP contribution in [-0.2, 0) is 17.6 Å². The lowest BCUT2D eigenvalue weighted by Gasteiger charge is -2.36. The van der Waals surface area contributed by atoms with E-state index < -0.39 is 6.23 Å². The van der Waals surface area contributed by atoms with Gasteiger partial charge in [0.2, 0.25) is 5.91 Å². The average molecular weight is 387 g/mol. The van der Waals surface area contributed by atoms with Crippen LogP contribution in [0.1, 0.15) is 37.8 Å². The highest BCUT2D eigenvalue weighted by molar-refractivity contribution is 6.30. The highest BCUT2D eigenvalue weighted by Crippen LogP contribution is 2.30. The molecule has 4 nitrogen and oxygen atoms in total. The summed E-state index contributed by atoms with van der Waals surface area (Å²) in [7, 11) is 0. The summed E-state index contributed by atoms with van der Waals surface area (Å²) in [5, 5.41) is 14.1. The maximum Gasteiger partial charge on any atom is 0.228 e. The van der Waals surface area contributed by atoms with Crippen molar-refractivity contribution in [3.05, 3.63) is 58.6 Å². The molecule has 0 aromatic heterocycles. The van der Waals surface area contributed by atoms with Crippen molar-refractivity contribution in [3.8, 4) is 0 Å². The Balaban J connectivity index is 1.68. The molecule has 27 heavy (non-hydrogen) atoms. The van der Waals surface area contributed by atoms with Gasteiger partial charge in [0, 0.05) is 22.9 Å². The Morgan fingerprint density at radius 2 is 1.96 bits per heavy atom. The van der Waals surface area contributed by atoms with Crippen LogP contribution in [0.3, 0.4) is 0 Å². The largest absolute Gasteiger partial charge is 0.374 e. The van der Waals surface area contributed by atoms with E-state index in [0.29, 0.717) is 17.4 Å². The van der Waals surface area contributed by atoms with Gasteiger partial charge in [0.05, 0.1) is 6.42 Å². The number of halogens is 1. The molecule has 1 atom stereocenters. The maximum absolute atomic E-state index is 12.3. The van der Waals surface area contributed by atoms with Crippen molar-refractivity contribution >= 4 is 28.9 Å². The first-order valence-electron chi connectivity index (χ1n) is 9.54. The molecule has 144 valence electrons. The van der Waals surface area contributed by atoms with E-state index in [0.717, 1.165) is 42.7 Å². The molecular formula is C22H27ClN2O2. The van der Waals surface area contributed by atoms with Gasteiger partial charge in [0.25, 0.3) is 0 Å². The van der Waals surface area contributed by atoms with Crippen molar-refractivity contribution in [2.75, 3.05) is 16.8 Å². The van der Waals surface area contributed by atoms with E-state index in [2.05, 4.69) is 30.1 Å². The number of fused-ring (bicyclic) bond motifs is 1. The zero-order valence-corrected chi connectivity index (χ0v) is 16.7. The topological polar surface area (TPSA) is 52.6 Å². The van der Waals surface area contributed by atoms with E-state index in [1.165, 1.54) is 5.56 Å². The minimum Gasteiger partial charge on any atom is -0.374 e. The molecule has 0 spiro atoms. The molecule has 1 heterocycles. The van der Waals surface area contributed by atoms with Crippen molar-refractivity contribution in [1.82, 2.24) is 0 Å². The third kappa shape index (κ3) is 5.24. The van der Waals surface area contributed by atoms with E-state index in [1.54, 1.807) is 24.3 Å². The molecule has 0 fully saturated rings. The molecule has 1 amide bonds. The first-order valence-corrected chi connectivity index (χ1v) is 9.92. The summed E-state index contributed by atoms with van der Waals surface area (Å²) in [6, 6.07) is 13.2. The number of aryl methyl sites for hydroxylation is 1.